The van der Waals surface area contributed by atoms with Crippen molar-refractivity contribution < 1.29 is 18.8 Å². The molecule has 0 aliphatic carbocycles. The van der Waals surface area contributed by atoms with E-state index in [4.69, 9.17) is 4.42 Å². The molecule has 1 aromatic carbocycles. The first-order valence-electron chi connectivity index (χ1n) is 9.10. The van der Waals surface area contributed by atoms with Crippen LogP contribution >= 0.6 is 0 Å². The van der Waals surface area contributed by atoms with Crippen molar-refractivity contribution in [2.75, 3.05) is 25.0 Å². The molecular formula is C20H23N3O4. The van der Waals surface area contributed by atoms with Gasteiger partial charge in [0, 0.05) is 30.9 Å². The van der Waals surface area contributed by atoms with E-state index in [9.17, 15) is 14.4 Å². The van der Waals surface area contributed by atoms with E-state index in [0.717, 1.165) is 12.8 Å². The molecule has 3 rings (SSSR count). The second kappa shape index (κ2) is 8.53. The van der Waals surface area contributed by atoms with E-state index >= 15 is 0 Å². The van der Waals surface area contributed by atoms with Gasteiger partial charge in [0.05, 0.1) is 12.2 Å². The minimum atomic E-state index is -0.347. The monoisotopic (exact) mass is 369 g/mol. The molecule has 1 fully saturated rings. The number of rotatable bonds is 5. The molecule has 1 aliphatic rings. The van der Waals surface area contributed by atoms with Crippen molar-refractivity contribution in [2.45, 2.75) is 19.8 Å². The van der Waals surface area contributed by atoms with Gasteiger partial charge in [-0.15, -0.1) is 0 Å². The van der Waals surface area contributed by atoms with Crippen LogP contribution in [0.2, 0.25) is 0 Å². The van der Waals surface area contributed by atoms with Crippen LogP contribution in [0.5, 0.6) is 0 Å². The number of nitrogens with one attached hydrogen (secondary N) is 2. The Morgan fingerprint density at radius 3 is 2.63 bits per heavy atom. The third-order valence-electron chi connectivity index (χ3n) is 4.57. The number of amides is 3. The van der Waals surface area contributed by atoms with Crippen molar-refractivity contribution >= 4 is 23.4 Å². The molecule has 1 aliphatic heterocycles. The lowest BCUT2D eigenvalue weighted by Gasteiger charge is -2.32. The van der Waals surface area contributed by atoms with Gasteiger partial charge in [-0.05, 0) is 56.2 Å². The molecular weight excluding hydrogens is 346 g/mol. The second-order valence-electron chi connectivity index (χ2n) is 6.49. The SMILES string of the molecule is CCNC(=O)C1CCCN(C(=O)c2ccc(NC(=O)c3ccco3)cc2)C1. The lowest BCUT2D eigenvalue weighted by atomic mass is 9.96. The number of benzene rings is 1. The smallest absolute Gasteiger partial charge is 0.291 e. The van der Waals surface area contributed by atoms with Crippen molar-refractivity contribution in [3.05, 3.63) is 54.0 Å². The standard InChI is InChI=1S/C20H23N3O4/c1-2-21-18(24)15-5-3-11-23(13-15)20(26)14-7-9-16(10-8-14)22-19(25)17-6-4-12-27-17/h4,6-10,12,15H,2-3,5,11,13H2,1H3,(H,21,24)(H,22,25). The molecule has 1 atom stereocenters. The van der Waals surface area contributed by atoms with Crippen LogP contribution in [0.1, 0.15) is 40.7 Å². The number of likely N-dealkylation sites (tertiary alicyclic amines) is 1. The molecule has 142 valence electrons. The molecule has 2 heterocycles. The average molecular weight is 369 g/mol. The summed E-state index contributed by atoms with van der Waals surface area (Å²) < 4.78 is 5.05. The predicted molar refractivity (Wildman–Crippen MR) is 100 cm³/mol. The minimum absolute atomic E-state index is 0.00554. The highest BCUT2D eigenvalue weighted by Gasteiger charge is 2.28. The van der Waals surface area contributed by atoms with Crippen LogP contribution in [0.4, 0.5) is 5.69 Å². The molecule has 0 saturated carbocycles. The van der Waals surface area contributed by atoms with Gasteiger partial charge in [-0.3, -0.25) is 14.4 Å². The predicted octanol–water partition coefficient (Wildman–Crippen LogP) is 2.52. The molecule has 2 aromatic rings. The maximum Gasteiger partial charge on any atom is 0.291 e. The Bertz CT molecular complexity index is 799. The van der Waals surface area contributed by atoms with Crippen LogP contribution in [0.25, 0.3) is 0 Å². The van der Waals surface area contributed by atoms with Crippen LogP contribution in [0.3, 0.4) is 0 Å². The number of carbonyl (C=O) groups is 3. The number of hydrogen-bond donors (Lipinski definition) is 2. The summed E-state index contributed by atoms with van der Waals surface area (Å²) in [5.74, 6) is -0.381. The Morgan fingerprint density at radius 2 is 1.96 bits per heavy atom. The number of nitrogens with zero attached hydrogens (tertiary/aromatic N) is 1. The number of furan rings is 1. The normalized spacial score (nSPS) is 16.6. The van der Waals surface area contributed by atoms with Crippen LogP contribution in [-0.2, 0) is 4.79 Å². The molecule has 0 radical (unpaired) electrons. The summed E-state index contributed by atoms with van der Waals surface area (Å²) in [6.45, 7) is 3.55. The van der Waals surface area contributed by atoms with Crippen molar-refractivity contribution in [2.24, 2.45) is 5.92 Å². The van der Waals surface area contributed by atoms with Gasteiger partial charge in [-0.1, -0.05) is 0 Å². The zero-order valence-electron chi connectivity index (χ0n) is 15.2. The number of piperidine rings is 1. The Kier molecular flexibility index (Phi) is 5.90. The molecule has 3 amide bonds. The zero-order valence-corrected chi connectivity index (χ0v) is 15.2. The summed E-state index contributed by atoms with van der Waals surface area (Å²) in [7, 11) is 0. The average Bonchev–Trinajstić information content (AvgIpc) is 3.23. The maximum atomic E-state index is 12.7. The topological polar surface area (TPSA) is 91.7 Å². The molecule has 1 saturated heterocycles. The van der Waals surface area contributed by atoms with E-state index in [2.05, 4.69) is 10.6 Å². The molecule has 0 bridgehead atoms. The minimum Gasteiger partial charge on any atom is -0.459 e. The summed E-state index contributed by atoms with van der Waals surface area (Å²) in [4.78, 5) is 38.5. The van der Waals surface area contributed by atoms with Crippen LogP contribution in [0, 0.1) is 5.92 Å². The summed E-state index contributed by atoms with van der Waals surface area (Å²) >= 11 is 0. The third-order valence-corrected chi connectivity index (χ3v) is 4.57. The molecule has 1 aromatic heterocycles. The first kappa shape index (κ1) is 18.7. The van der Waals surface area contributed by atoms with E-state index in [0.29, 0.717) is 30.9 Å². The van der Waals surface area contributed by atoms with Gasteiger partial charge in [0.15, 0.2) is 5.76 Å². The quantitative estimate of drug-likeness (QED) is 0.847. The van der Waals surface area contributed by atoms with Gasteiger partial charge in [-0.2, -0.15) is 0 Å². The summed E-state index contributed by atoms with van der Waals surface area (Å²) in [5.41, 5.74) is 1.11. The van der Waals surface area contributed by atoms with Crippen LogP contribution < -0.4 is 10.6 Å². The highest BCUT2D eigenvalue weighted by molar-refractivity contribution is 6.02. The van der Waals surface area contributed by atoms with Gasteiger partial charge in [-0.25, -0.2) is 0 Å². The van der Waals surface area contributed by atoms with Crippen molar-refractivity contribution in [1.29, 1.82) is 0 Å². The first-order valence-corrected chi connectivity index (χ1v) is 9.10. The van der Waals surface area contributed by atoms with Gasteiger partial charge in [0.25, 0.3) is 11.8 Å². The molecule has 2 N–H and O–H groups in total. The van der Waals surface area contributed by atoms with Crippen LogP contribution in [-0.4, -0.2) is 42.3 Å². The number of carbonyl (C=O) groups excluding carboxylic acids is 3. The second-order valence-corrected chi connectivity index (χ2v) is 6.49. The largest absolute Gasteiger partial charge is 0.459 e. The molecule has 27 heavy (non-hydrogen) atoms. The van der Waals surface area contributed by atoms with E-state index in [-0.39, 0.29) is 29.4 Å². The van der Waals surface area contributed by atoms with Gasteiger partial charge in [0.2, 0.25) is 5.91 Å². The third kappa shape index (κ3) is 4.55. The highest BCUT2D eigenvalue weighted by Crippen LogP contribution is 2.20. The Morgan fingerprint density at radius 1 is 1.19 bits per heavy atom. The maximum absolute atomic E-state index is 12.7. The van der Waals surface area contributed by atoms with Gasteiger partial charge >= 0.3 is 0 Å². The zero-order chi connectivity index (χ0) is 19.2. The molecule has 7 heteroatoms. The van der Waals surface area contributed by atoms with Gasteiger partial charge < -0.3 is 20.0 Å². The fourth-order valence-electron chi connectivity index (χ4n) is 3.17. The Hall–Kier alpha value is -3.09. The lowest BCUT2D eigenvalue weighted by molar-refractivity contribution is -0.126. The van der Waals surface area contributed by atoms with Crippen molar-refractivity contribution in [3.63, 3.8) is 0 Å². The lowest BCUT2D eigenvalue weighted by Crippen LogP contribution is -2.45. The fourth-order valence-corrected chi connectivity index (χ4v) is 3.17. The van der Waals surface area contributed by atoms with Gasteiger partial charge in [0.1, 0.15) is 0 Å². The summed E-state index contributed by atoms with van der Waals surface area (Å²) in [6.07, 6.45) is 3.04. The summed E-state index contributed by atoms with van der Waals surface area (Å²) in [5, 5.41) is 5.54. The Balaban J connectivity index is 1.61. The molecule has 0 spiro atoms. The summed E-state index contributed by atoms with van der Waals surface area (Å²) in [6, 6.07) is 9.93. The van der Waals surface area contributed by atoms with Crippen LogP contribution in [0.15, 0.2) is 47.1 Å². The number of hydrogen-bond acceptors (Lipinski definition) is 4. The van der Waals surface area contributed by atoms with E-state index in [1.807, 2.05) is 6.92 Å². The Labute approximate surface area is 157 Å². The molecule has 7 nitrogen and oxygen atoms in total. The molecule has 1 unspecified atom stereocenters. The van der Waals surface area contributed by atoms with E-state index < -0.39 is 0 Å². The fraction of sp³-hybridized carbons (Fsp3) is 0.350. The van der Waals surface area contributed by atoms with E-state index in [1.54, 1.807) is 41.3 Å². The van der Waals surface area contributed by atoms with Crippen molar-refractivity contribution in [1.82, 2.24) is 10.2 Å². The highest BCUT2D eigenvalue weighted by atomic mass is 16.3. The van der Waals surface area contributed by atoms with E-state index in [1.165, 1.54) is 6.26 Å². The number of anilines is 1. The van der Waals surface area contributed by atoms with Crippen molar-refractivity contribution in [3.8, 4) is 0 Å². The first-order chi connectivity index (χ1) is 13.1.